The smallest absolute Gasteiger partial charge is 0.237 e. The fourth-order valence-corrected chi connectivity index (χ4v) is 4.31. The van der Waals surface area contributed by atoms with Crippen molar-refractivity contribution in [1.29, 1.82) is 0 Å². The van der Waals surface area contributed by atoms with E-state index >= 15 is 0 Å². The molecular weight excluding hydrogens is 392 g/mol. The van der Waals surface area contributed by atoms with Gasteiger partial charge in [0.2, 0.25) is 5.91 Å². The third-order valence-electron chi connectivity index (χ3n) is 5.86. The van der Waals surface area contributed by atoms with Gasteiger partial charge in [-0.1, -0.05) is 121 Å². The van der Waals surface area contributed by atoms with Gasteiger partial charge in [0.05, 0.1) is 11.6 Å². The van der Waals surface area contributed by atoms with Crippen LogP contribution < -0.4 is 10.6 Å². The Hall–Kier alpha value is -3.69. The van der Waals surface area contributed by atoms with E-state index < -0.39 is 11.6 Å². The summed E-state index contributed by atoms with van der Waals surface area (Å²) in [6, 6.07) is 40.8. The number of hydrogen-bond donors (Lipinski definition) is 2. The Morgan fingerprint density at radius 1 is 0.656 bits per heavy atom. The molecule has 0 aliphatic rings. The molecule has 4 aromatic carbocycles. The molecule has 2 N–H and O–H groups in total. The van der Waals surface area contributed by atoms with E-state index in [1.807, 2.05) is 72.8 Å². The third kappa shape index (κ3) is 4.48. The number of carbonyl (C=O) groups excluding carboxylic acids is 1. The minimum absolute atomic E-state index is 0.0407. The average Bonchev–Trinajstić information content (AvgIpc) is 2.88. The van der Waals surface area contributed by atoms with Gasteiger partial charge in [-0.25, -0.2) is 0 Å². The van der Waals surface area contributed by atoms with Gasteiger partial charge in [-0.3, -0.25) is 10.1 Å². The van der Waals surface area contributed by atoms with Crippen LogP contribution >= 0.6 is 0 Å². The van der Waals surface area contributed by atoms with Crippen molar-refractivity contribution >= 4 is 5.91 Å². The molecule has 0 bridgehead atoms. The fraction of sp³-hybridized carbons (Fsp3) is 0.138. The molecular formula is C29H28N2O. The molecule has 0 aliphatic carbocycles. The van der Waals surface area contributed by atoms with Crippen molar-refractivity contribution in [2.45, 2.75) is 18.0 Å². The summed E-state index contributed by atoms with van der Waals surface area (Å²) in [6.07, 6.45) is 0.578. The quantitative estimate of drug-likeness (QED) is 0.397. The number of carbonyl (C=O) groups is 1. The van der Waals surface area contributed by atoms with Crippen LogP contribution in [0.5, 0.6) is 0 Å². The molecule has 32 heavy (non-hydrogen) atoms. The highest BCUT2D eigenvalue weighted by Crippen LogP contribution is 2.37. The molecule has 0 unspecified atom stereocenters. The highest BCUT2D eigenvalue weighted by atomic mass is 16.2. The van der Waals surface area contributed by atoms with Crippen LogP contribution in [0.3, 0.4) is 0 Å². The molecule has 0 spiro atoms. The lowest BCUT2D eigenvalue weighted by Gasteiger charge is -2.40. The summed E-state index contributed by atoms with van der Waals surface area (Å²) in [4.78, 5) is 13.1. The highest BCUT2D eigenvalue weighted by Gasteiger charge is 2.39. The summed E-state index contributed by atoms with van der Waals surface area (Å²) in [5, 5.41) is 6.66. The lowest BCUT2D eigenvalue weighted by molar-refractivity contribution is -0.123. The van der Waals surface area contributed by atoms with Crippen LogP contribution in [0.15, 0.2) is 121 Å². The Kier molecular flexibility index (Phi) is 6.78. The van der Waals surface area contributed by atoms with Crippen LogP contribution in [0, 0.1) is 0 Å². The minimum Gasteiger partial charge on any atom is -0.358 e. The van der Waals surface area contributed by atoms with Gasteiger partial charge >= 0.3 is 0 Å². The number of nitrogens with one attached hydrogen (secondary N) is 2. The second-order valence-corrected chi connectivity index (χ2v) is 7.85. The Morgan fingerprint density at radius 3 is 1.41 bits per heavy atom. The second-order valence-electron chi connectivity index (χ2n) is 7.85. The molecule has 0 heterocycles. The normalized spacial score (nSPS) is 12.2. The maximum absolute atomic E-state index is 13.1. The van der Waals surface area contributed by atoms with E-state index in [0.29, 0.717) is 6.42 Å². The maximum atomic E-state index is 13.1. The molecule has 1 atom stereocenters. The molecule has 0 saturated heterocycles. The Bertz CT molecular complexity index is 1020. The van der Waals surface area contributed by atoms with Gasteiger partial charge in [-0.2, -0.15) is 0 Å². The predicted molar refractivity (Wildman–Crippen MR) is 130 cm³/mol. The van der Waals surface area contributed by atoms with Gasteiger partial charge in [0, 0.05) is 7.05 Å². The number of amides is 1. The minimum atomic E-state index is -0.699. The summed E-state index contributed by atoms with van der Waals surface area (Å²) in [6.45, 7) is 0. The van der Waals surface area contributed by atoms with Gasteiger partial charge in [0.15, 0.2) is 0 Å². The largest absolute Gasteiger partial charge is 0.358 e. The average molecular weight is 421 g/mol. The van der Waals surface area contributed by atoms with Crippen molar-refractivity contribution in [2.75, 3.05) is 7.05 Å². The molecule has 0 aromatic heterocycles. The molecule has 3 nitrogen and oxygen atoms in total. The molecule has 160 valence electrons. The second kappa shape index (κ2) is 10.1. The fourth-order valence-electron chi connectivity index (χ4n) is 4.31. The molecule has 3 heteroatoms. The number of benzene rings is 4. The van der Waals surface area contributed by atoms with E-state index in [4.69, 9.17) is 0 Å². The maximum Gasteiger partial charge on any atom is 0.237 e. The Balaban J connectivity index is 1.90. The van der Waals surface area contributed by atoms with E-state index in [1.165, 1.54) is 0 Å². The van der Waals surface area contributed by atoms with Gasteiger partial charge in [0.25, 0.3) is 0 Å². The van der Waals surface area contributed by atoms with Gasteiger partial charge in [-0.15, -0.1) is 0 Å². The zero-order valence-electron chi connectivity index (χ0n) is 18.2. The Labute approximate surface area is 190 Å². The van der Waals surface area contributed by atoms with Crippen molar-refractivity contribution in [2.24, 2.45) is 0 Å². The van der Waals surface area contributed by atoms with E-state index in [9.17, 15) is 4.79 Å². The number of likely N-dealkylation sites (N-methyl/N-ethyl adjacent to an activating group) is 1. The lowest BCUT2D eigenvalue weighted by Crippen LogP contribution is -2.55. The zero-order valence-corrected chi connectivity index (χ0v) is 18.2. The monoisotopic (exact) mass is 420 g/mol. The highest BCUT2D eigenvalue weighted by molar-refractivity contribution is 5.82. The molecule has 1 amide bonds. The summed E-state index contributed by atoms with van der Waals surface area (Å²) < 4.78 is 0. The van der Waals surface area contributed by atoms with Gasteiger partial charge < -0.3 is 5.32 Å². The summed E-state index contributed by atoms with van der Waals surface area (Å²) >= 11 is 0. The van der Waals surface area contributed by atoms with Crippen LogP contribution in [-0.4, -0.2) is 19.0 Å². The first-order chi connectivity index (χ1) is 15.7. The van der Waals surface area contributed by atoms with E-state index in [0.717, 1.165) is 22.3 Å². The molecule has 0 fully saturated rings. The Morgan fingerprint density at radius 2 is 1.03 bits per heavy atom. The van der Waals surface area contributed by atoms with Crippen LogP contribution in [-0.2, 0) is 16.8 Å². The summed E-state index contributed by atoms with van der Waals surface area (Å²) in [7, 11) is 1.69. The summed E-state index contributed by atoms with van der Waals surface area (Å²) in [5.41, 5.74) is 3.66. The van der Waals surface area contributed by atoms with Crippen molar-refractivity contribution in [3.8, 4) is 0 Å². The topological polar surface area (TPSA) is 41.1 Å². The molecule has 0 aliphatic heterocycles. The van der Waals surface area contributed by atoms with E-state index in [1.54, 1.807) is 7.05 Å². The first-order valence-electron chi connectivity index (χ1n) is 10.9. The first-order valence-corrected chi connectivity index (χ1v) is 10.9. The van der Waals surface area contributed by atoms with Crippen molar-refractivity contribution in [1.82, 2.24) is 10.6 Å². The molecule has 0 radical (unpaired) electrons. The van der Waals surface area contributed by atoms with E-state index in [-0.39, 0.29) is 5.91 Å². The van der Waals surface area contributed by atoms with Gasteiger partial charge in [0.1, 0.15) is 0 Å². The van der Waals surface area contributed by atoms with Crippen molar-refractivity contribution < 1.29 is 4.79 Å². The standard InChI is InChI=1S/C29H28N2O/c1-30-28(32)27(22-23-14-6-2-7-15-23)31-29(24-16-8-3-9-17-24,25-18-10-4-11-19-25)26-20-12-5-13-21-26/h2-21,27,31H,22H2,1H3,(H,30,32)/t27-/m0/s1. The van der Waals surface area contributed by atoms with Crippen molar-refractivity contribution in [3.63, 3.8) is 0 Å². The molecule has 0 saturated carbocycles. The van der Waals surface area contributed by atoms with Gasteiger partial charge in [-0.05, 0) is 28.7 Å². The first kappa shape index (κ1) is 21.5. The summed E-state index contributed by atoms with van der Waals surface area (Å²) in [5.74, 6) is -0.0407. The number of rotatable bonds is 8. The lowest BCUT2D eigenvalue weighted by atomic mass is 9.76. The van der Waals surface area contributed by atoms with Crippen LogP contribution in [0.25, 0.3) is 0 Å². The molecule has 4 aromatic rings. The van der Waals surface area contributed by atoms with Crippen molar-refractivity contribution in [3.05, 3.63) is 144 Å². The number of hydrogen-bond acceptors (Lipinski definition) is 2. The third-order valence-corrected chi connectivity index (χ3v) is 5.86. The predicted octanol–water partition coefficient (Wildman–Crippen LogP) is 4.93. The molecule has 4 rings (SSSR count). The SMILES string of the molecule is CNC(=O)[C@H](Cc1ccccc1)NC(c1ccccc1)(c1ccccc1)c1ccccc1. The van der Waals surface area contributed by atoms with Crippen LogP contribution in [0.4, 0.5) is 0 Å². The zero-order chi connectivity index (χ0) is 22.2. The van der Waals surface area contributed by atoms with Crippen LogP contribution in [0.2, 0.25) is 0 Å². The van der Waals surface area contributed by atoms with Crippen LogP contribution in [0.1, 0.15) is 22.3 Å². The van der Waals surface area contributed by atoms with E-state index in [2.05, 4.69) is 59.2 Å².